The number of para-hydroxylation sites is 1. The van der Waals surface area contributed by atoms with Crippen molar-refractivity contribution >= 4 is 34.7 Å². The molecule has 3 rings (SSSR count). The van der Waals surface area contributed by atoms with Crippen molar-refractivity contribution in [1.29, 1.82) is 0 Å². The summed E-state index contributed by atoms with van der Waals surface area (Å²) in [6.07, 6.45) is 1.71. The topological polar surface area (TPSA) is 78.9 Å². The molecule has 3 aromatic rings. The molecule has 0 fully saturated rings. The molecule has 1 heterocycles. The Morgan fingerprint density at radius 1 is 0.926 bits per heavy atom. The number of nitrogens with one attached hydrogen (secondary N) is 3. The molecule has 2 aromatic carbocycles. The molecule has 1 aromatic heterocycles. The second-order valence-electron chi connectivity index (χ2n) is 6.52. The Balaban J connectivity index is 1.73. The van der Waals surface area contributed by atoms with E-state index in [4.69, 9.17) is 0 Å². The number of aromatic nitrogens is 2. The number of rotatable bonds is 6. The van der Waals surface area contributed by atoms with Crippen molar-refractivity contribution in [2.45, 2.75) is 26.7 Å². The van der Waals surface area contributed by atoms with Crippen LogP contribution in [0.4, 0.5) is 28.8 Å². The van der Waals surface area contributed by atoms with E-state index < -0.39 is 0 Å². The molecule has 0 aliphatic rings. The summed E-state index contributed by atoms with van der Waals surface area (Å²) in [5.74, 6) is 1.53. The number of carbonyl (C=O) groups excluding carboxylic acids is 1. The Kier molecular flexibility index (Phi) is 5.66. The zero-order valence-corrected chi connectivity index (χ0v) is 15.7. The maximum Gasteiger partial charge on any atom is 0.229 e. The van der Waals surface area contributed by atoms with Crippen LogP contribution in [0, 0.1) is 0 Å². The van der Waals surface area contributed by atoms with Crippen LogP contribution < -0.4 is 16.0 Å². The zero-order chi connectivity index (χ0) is 19.2. The van der Waals surface area contributed by atoms with Crippen molar-refractivity contribution in [2.24, 2.45) is 0 Å². The van der Waals surface area contributed by atoms with Crippen LogP contribution in [0.1, 0.15) is 32.3 Å². The SMILES string of the molecule is CC(=O)Nc1ccc(Nc2nccc(Nc3ccccc3C(C)C)n2)cc1. The van der Waals surface area contributed by atoms with Gasteiger partial charge in [0.2, 0.25) is 11.9 Å². The van der Waals surface area contributed by atoms with Gasteiger partial charge in [0, 0.05) is 30.2 Å². The second kappa shape index (κ2) is 8.31. The summed E-state index contributed by atoms with van der Waals surface area (Å²) in [6.45, 7) is 5.81. The van der Waals surface area contributed by atoms with Crippen LogP contribution in [-0.4, -0.2) is 15.9 Å². The number of hydrogen-bond acceptors (Lipinski definition) is 5. The van der Waals surface area contributed by atoms with Gasteiger partial charge in [-0.05, 0) is 47.9 Å². The van der Waals surface area contributed by atoms with Gasteiger partial charge in [-0.3, -0.25) is 4.79 Å². The van der Waals surface area contributed by atoms with Crippen molar-refractivity contribution in [3.63, 3.8) is 0 Å². The van der Waals surface area contributed by atoms with Gasteiger partial charge in [0.05, 0.1) is 0 Å². The number of anilines is 5. The molecule has 3 N–H and O–H groups in total. The van der Waals surface area contributed by atoms with Crippen molar-refractivity contribution in [1.82, 2.24) is 9.97 Å². The highest BCUT2D eigenvalue weighted by atomic mass is 16.1. The molecule has 6 heteroatoms. The lowest BCUT2D eigenvalue weighted by Gasteiger charge is -2.14. The minimum atomic E-state index is -0.0977. The van der Waals surface area contributed by atoms with Gasteiger partial charge in [0.25, 0.3) is 0 Å². The molecule has 6 nitrogen and oxygen atoms in total. The normalized spacial score (nSPS) is 10.5. The van der Waals surface area contributed by atoms with Gasteiger partial charge >= 0.3 is 0 Å². The third kappa shape index (κ3) is 5.04. The molecule has 0 saturated heterocycles. The highest BCUT2D eigenvalue weighted by Gasteiger charge is 2.07. The molecule has 138 valence electrons. The molecule has 27 heavy (non-hydrogen) atoms. The molecule has 0 unspecified atom stereocenters. The summed E-state index contributed by atoms with van der Waals surface area (Å²) >= 11 is 0. The fourth-order valence-corrected chi connectivity index (χ4v) is 2.71. The number of amides is 1. The lowest BCUT2D eigenvalue weighted by molar-refractivity contribution is -0.114. The van der Waals surface area contributed by atoms with E-state index in [0.29, 0.717) is 11.9 Å². The Morgan fingerprint density at radius 2 is 1.63 bits per heavy atom. The van der Waals surface area contributed by atoms with Crippen LogP contribution in [0.25, 0.3) is 0 Å². The molecule has 0 bridgehead atoms. The summed E-state index contributed by atoms with van der Waals surface area (Å²) in [4.78, 5) is 19.9. The molecule has 0 atom stereocenters. The average molecular weight is 361 g/mol. The summed E-state index contributed by atoms with van der Waals surface area (Å²) in [6, 6.07) is 17.4. The Bertz CT molecular complexity index is 922. The van der Waals surface area contributed by atoms with E-state index in [1.165, 1.54) is 12.5 Å². The molecule has 0 spiro atoms. The summed E-state index contributed by atoms with van der Waals surface area (Å²) in [7, 11) is 0. The maximum absolute atomic E-state index is 11.1. The zero-order valence-electron chi connectivity index (χ0n) is 15.7. The molecule has 0 aliphatic carbocycles. The van der Waals surface area contributed by atoms with E-state index in [0.717, 1.165) is 22.9 Å². The van der Waals surface area contributed by atoms with Gasteiger partial charge in [0.15, 0.2) is 0 Å². The van der Waals surface area contributed by atoms with Crippen LogP contribution in [0.3, 0.4) is 0 Å². The quantitative estimate of drug-likeness (QED) is 0.573. The van der Waals surface area contributed by atoms with Gasteiger partial charge < -0.3 is 16.0 Å². The van der Waals surface area contributed by atoms with Gasteiger partial charge in [-0.25, -0.2) is 4.98 Å². The highest BCUT2D eigenvalue weighted by molar-refractivity contribution is 5.88. The smallest absolute Gasteiger partial charge is 0.229 e. The molecule has 1 amide bonds. The average Bonchev–Trinajstić information content (AvgIpc) is 2.63. The minimum Gasteiger partial charge on any atom is -0.340 e. The predicted molar refractivity (Wildman–Crippen MR) is 110 cm³/mol. The Labute approximate surface area is 159 Å². The highest BCUT2D eigenvalue weighted by Crippen LogP contribution is 2.26. The van der Waals surface area contributed by atoms with Crippen LogP contribution in [-0.2, 0) is 4.79 Å². The summed E-state index contributed by atoms with van der Waals surface area (Å²) in [5, 5.41) is 9.28. The number of benzene rings is 2. The first kappa shape index (κ1) is 18.4. The fourth-order valence-electron chi connectivity index (χ4n) is 2.71. The lowest BCUT2D eigenvalue weighted by atomic mass is 10.0. The van der Waals surface area contributed by atoms with Gasteiger partial charge in [-0.1, -0.05) is 32.0 Å². The third-order valence-corrected chi connectivity index (χ3v) is 3.96. The van der Waals surface area contributed by atoms with E-state index in [2.05, 4.69) is 45.8 Å². The number of carbonyl (C=O) groups is 1. The fraction of sp³-hybridized carbons (Fsp3) is 0.190. The van der Waals surface area contributed by atoms with Crippen LogP contribution in [0.5, 0.6) is 0 Å². The Hall–Kier alpha value is -3.41. The molecule has 0 saturated carbocycles. The van der Waals surface area contributed by atoms with Crippen LogP contribution in [0.15, 0.2) is 60.8 Å². The molecule has 0 radical (unpaired) electrons. The molecular formula is C21H23N5O. The van der Waals surface area contributed by atoms with Crippen LogP contribution in [0.2, 0.25) is 0 Å². The summed E-state index contributed by atoms with van der Waals surface area (Å²) in [5.41, 5.74) is 3.86. The maximum atomic E-state index is 11.1. The van der Waals surface area contributed by atoms with Gasteiger partial charge in [0.1, 0.15) is 5.82 Å². The molecular weight excluding hydrogens is 338 g/mol. The van der Waals surface area contributed by atoms with Crippen molar-refractivity contribution < 1.29 is 4.79 Å². The van der Waals surface area contributed by atoms with E-state index in [9.17, 15) is 4.79 Å². The van der Waals surface area contributed by atoms with Crippen molar-refractivity contribution in [3.8, 4) is 0 Å². The molecule has 0 aliphatic heterocycles. The monoisotopic (exact) mass is 361 g/mol. The lowest BCUT2D eigenvalue weighted by Crippen LogP contribution is -2.05. The van der Waals surface area contributed by atoms with Crippen molar-refractivity contribution in [3.05, 3.63) is 66.4 Å². The van der Waals surface area contributed by atoms with Gasteiger partial charge in [-0.15, -0.1) is 0 Å². The minimum absolute atomic E-state index is 0.0977. The standard InChI is InChI=1S/C21H23N5O/c1-14(2)18-6-4-5-7-19(18)25-20-12-13-22-21(26-20)24-17-10-8-16(9-11-17)23-15(3)27/h4-14H,1-3H3,(H,23,27)(H2,22,24,25,26). The largest absolute Gasteiger partial charge is 0.340 e. The van der Waals surface area contributed by atoms with E-state index in [-0.39, 0.29) is 5.91 Å². The number of nitrogens with zero attached hydrogens (tertiary/aromatic N) is 2. The van der Waals surface area contributed by atoms with E-state index >= 15 is 0 Å². The van der Waals surface area contributed by atoms with Crippen LogP contribution >= 0.6 is 0 Å². The first-order valence-corrected chi connectivity index (χ1v) is 8.85. The third-order valence-electron chi connectivity index (χ3n) is 3.96. The van der Waals surface area contributed by atoms with Gasteiger partial charge in [-0.2, -0.15) is 4.98 Å². The Morgan fingerprint density at radius 3 is 2.33 bits per heavy atom. The van der Waals surface area contributed by atoms with Crippen molar-refractivity contribution in [2.75, 3.05) is 16.0 Å². The van der Waals surface area contributed by atoms with E-state index in [1.54, 1.807) is 6.20 Å². The van der Waals surface area contributed by atoms with E-state index in [1.807, 2.05) is 48.5 Å². The summed E-state index contributed by atoms with van der Waals surface area (Å²) < 4.78 is 0. The number of hydrogen-bond donors (Lipinski definition) is 3. The predicted octanol–water partition coefficient (Wildman–Crippen LogP) is 5.05. The first-order valence-electron chi connectivity index (χ1n) is 8.85. The first-order chi connectivity index (χ1) is 13.0. The second-order valence-corrected chi connectivity index (χ2v) is 6.52.